The van der Waals surface area contributed by atoms with Gasteiger partial charge in [-0.15, -0.1) is 0 Å². The smallest absolute Gasteiger partial charge is 0.241 e. The molecule has 0 radical (unpaired) electrons. The van der Waals surface area contributed by atoms with Crippen molar-refractivity contribution in [2.45, 2.75) is 26.3 Å². The number of hydrogen-bond donors (Lipinski definition) is 4. The van der Waals surface area contributed by atoms with Gasteiger partial charge in [-0.3, -0.25) is 4.79 Å². The largest absolute Gasteiger partial charge is 0.369 e. The third-order valence-electron chi connectivity index (χ3n) is 4.88. The summed E-state index contributed by atoms with van der Waals surface area (Å²) in [5, 5.41) is 12.2. The van der Waals surface area contributed by atoms with E-state index in [1.807, 2.05) is 36.4 Å². The highest BCUT2D eigenvalue weighted by Crippen LogP contribution is 2.21. The van der Waals surface area contributed by atoms with Crippen LogP contribution in [0, 0.1) is 5.82 Å². The van der Waals surface area contributed by atoms with Gasteiger partial charge in [0.1, 0.15) is 11.6 Å². The molecule has 7 nitrogen and oxygen atoms in total. The lowest BCUT2D eigenvalue weighted by atomic mass is 10.1. The van der Waals surface area contributed by atoms with Crippen LogP contribution in [-0.4, -0.2) is 35.5 Å². The van der Waals surface area contributed by atoms with Crippen molar-refractivity contribution in [3.8, 4) is 0 Å². The molecule has 0 aliphatic carbocycles. The van der Waals surface area contributed by atoms with E-state index in [9.17, 15) is 9.18 Å². The van der Waals surface area contributed by atoms with Crippen molar-refractivity contribution in [3.05, 3.63) is 71.7 Å². The minimum absolute atomic E-state index is 0.0977. The van der Waals surface area contributed by atoms with E-state index >= 15 is 0 Å². The van der Waals surface area contributed by atoms with E-state index in [4.69, 9.17) is 0 Å². The van der Waals surface area contributed by atoms with E-state index in [0.29, 0.717) is 17.5 Å². The van der Waals surface area contributed by atoms with Gasteiger partial charge < -0.3 is 21.3 Å². The molecule has 3 rings (SSSR count). The molecule has 4 N–H and O–H groups in total. The van der Waals surface area contributed by atoms with E-state index < -0.39 is 0 Å². The molecule has 1 heterocycles. The fourth-order valence-corrected chi connectivity index (χ4v) is 2.94. The maximum absolute atomic E-state index is 13.5. The van der Waals surface area contributed by atoms with E-state index in [2.05, 4.69) is 38.2 Å². The summed E-state index contributed by atoms with van der Waals surface area (Å²) < 4.78 is 13.5. The van der Waals surface area contributed by atoms with Gasteiger partial charge in [0.05, 0.1) is 6.04 Å². The van der Waals surface area contributed by atoms with Crippen LogP contribution in [0.2, 0.25) is 0 Å². The Kier molecular flexibility index (Phi) is 8.49. The number of nitrogens with zero attached hydrogens (tertiary/aromatic N) is 2. The van der Waals surface area contributed by atoms with Crippen LogP contribution in [0.3, 0.4) is 0 Å². The second-order valence-electron chi connectivity index (χ2n) is 7.52. The molecule has 8 heteroatoms. The first kappa shape index (κ1) is 23.9. The predicted molar refractivity (Wildman–Crippen MR) is 133 cm³/mol. The Balaban J connectivity index is 1.79. The van der Waals surface area contributed by atoms with Gasteiger partial charge in [-0.05, 0) is 62.4 Å². The molecule has 0 unspecified atom stereocenters. The van der Waals surface area contributed by atoms with Crippen LogP contribution in [0.25, 0.3) is 12.2 Å². The van der Waals surface area contributed by atoms with Crippen LogP contribution in [0.1, 0.15) is 31.4 Å². The van der Waals surface area contributed by atoms with Gasteiger partial charge in [-0.1, -0.05) is 31.2 Å². The molecule has 3 aromatic rings. The Bertz CT molecular complexity index is 1120. The molecule has 172 valence electrons. The third-order valence-corrected chi connectivity index (χ3v) is 4.88. The van der Waals surface area contributed by atoms with E-state index in [0.717, 1.165) is 29.8 Å². The fourth-order valence-electron chi connectivity index (χ4n) is 2.94. The standard InChI is InChI=1S/C25H29FN6O/c1-4-13-28-23-19(16-29-25(32-23)31-22-10-6-8-20(26)15-22)12-11-18-7-5-9-21(14-18)30-24(33)17(2)27-3/h5-12,14-17,27H,4,13H2,1-3H3,(H,30,33)(H2,28,29,31,32)/b12-11+/t17-/m0/s1. The Morgan fingerprint density at radius 3 is 2.67 bits per heavy atom. The van der Waals surface area contributed by atoms with Gasteiger partial charge in [0.25, 0.3) is 0 Å². The number of amides is 1. The summed E-state index contributed by atoms with van der Waals surface area (Å²) in [7, 11) is 1.74. The van der Waals surface area contributed by atoms with Crippen molar-refractivity contribution in [2.24, 2.45) is 0 Å². The zero-order valence-electron chi connectivity index (χ0n) is 19.0. The average Bonchev–Trinajstić information content (AvgIpc) is 2.81. The van der Waals surface area contributed by atoms with Crippen LogP contribution >= 0.6 is 0 Å². The van der Waals surface area contributed by atoms with Gasteiger partial charge in [0.15, 0.2) is 0 Å². The number of carbonyl (C=O) groups excluding carboxylic acids is 1. The lowest BCUT2D eigenvalue weighted by Gasteiger charge is -2.12. The number of carbonyl (C=O) groups is 1. The minimum Gasteiger partial charge on any atom is -0.369 e. The number of aromatic nitrogens is 2. The van der Waals surface area contributed by atoms with Crippen LogP contribution < -0.4 is 21.3 Å². The molecule has 0 spiro atoms. The Morgan fingerprint density at radius 2 is 1.91 bits per heavy atom. The number of halogens is 1. The van der Waals surface area contributed by atoms with Crippen molar-refractivity contribution in [1.82, 2.24) is 15.3 Å². The summed E-state index contributed by atoms with van der Waals surface area (Å²) in [5.74, 6) is 0.621. The molecule has 0 aliphatic heterocycles. The van der Waals surface area contributed by atoms with Crippen molar-refractivity contribution >= 4 is 41.2 Å². The SMILES string of the molecule is CCCNc1nc(Nc2cccc(F)c2)ncc1/C=C/c1cccc(NC(=O)[C@H](C)NC)c1. The molecular formula is C25H29FN6O. The molecule has 0 saturated carbocycles. The molecule has 33 heavy (non-hydrogen) atoms. The third kappa shape index (κ3) is 7.11. The summed E-state index contributed by atoms with van der Waals surface area (Å²) in [6.45, 7) is 4.63. The molecule has 2 aromatic carbocycles. The van der Waals surface area contributed by atoms with Gasteiger partial charge in [0.2, 0.25) is 11.9 Å². The van der Waals surface area contributed by atoms with E-state index in [-0.39, 0.29) is 17.8 Å². The van der Waals surface area contributed by atoms with Crippen molar-refractivity contribution in [1.29, 1.82) is 0 Å². The molecule has 0 fully saturated rings. The number of likely N-dealkylation sites (N-methyl/N-ethyl adjacent to an activating group) is 1. The highest BCUT2D eigenvalue weighted by Gasteiger charge is 2.10. The summed E-state index contributed by atoms with van der Waals surface area (Å²) in [6.07, 6.45) is 6.50. The molecular weight excluding hydrogens is 419 g/mol. The zero-order chi connectivity index (χ0) is 23.6. The molecule has 0 saturated heterocycles. The number of nitrogens with one attached hydrogen (secondary N) is 4. The first-order valence-corrected chi connectivity index (χ1v) is 10.9. The molecule has 0 aliphatic rings. The van der Waals surface area contributed by atoms with Gasteiger partial charge in [0, 0.05) is 29.7 Å². The highest BCUT2D eigenvalue weighted by molar-refractivity contribution is 5.94. The number of benzene rings is 2. The lowest BCUT2D eigenvalue weighted by molar-refractivity contribution is -0.117. The first-order chi connectivity index (χ1) is 16.0. The summed E-state index contributed by atoms with van der Waals surface area (Å²) >= 11 is 0. The lowest BCUT2D eigenvalue weighted by Crippen LogP contribution is -2.35. The summed E-state index contributed by atoms with van der Waals surface area (Å²) in [5.41, 5.74) is 3.03. The second-order valence-corrected chi connectivity index (χ2v) is 7.52. The average molecular weight is 449 g/mol. The summed E-state index contributed by atoms with van der Waals surface area (Å²) in [6, 6.07) is 13.5. The molecule has 1 aromatic heterocycles. The zero-order valence-corrected chi connectivity index (χ0v) is 19.0. The van der Waals surface area contributed by atoms with Crippen LogP contribution in [0.15, 0.2) is 54.7 Å². The van der Waals surface area contributed by atoms with Crippen LogP contribution in [0.4, 0.5) is 27.5 Å². The quantitative estimate of drug-likeness (QED) is 0.353. The topological polar surface area (TPSA) is 91.0 Å². The van der Waals surface area contributed by atoms with Gasteiger partial charge >= 0.3 is 0 Å². The van der Waals surface area contributed by atoms with Crippen molar-refractivity contribution in [2.75, 3.05) is 29.5 Å². The maximum atomic E-state index is 13.5. The minimum atomic E-state index is -0.331. The van der Waals surface area contributed by atoms with Crippen molar-refractivity contribution < 1.29 is 9.18 Å². The molecule has 1 atom stereocenters. The van der Waals surface area contributed by atoms with E-state index in [1.165, 1.54) is 12.1 Å². The Hall–Kier alpha value is -3.78. The predicted octanol–water partition coefficient (Wildman–Crippen LogP) is 4.90. The van der Waals surface area contributed by atoms with Gasteiger partial charge in [-0.2, -0.15) is 4.98 Å². The second kappa shape index (κ2) is 11.7. The first-order valence-electron chi connectivity index (χ1n) is 10.9. The number of rotatable bonds is 10. The van der Waals surface area contributed by atoms with Crippen LogP contribution in [0.5, 0.6) is 0 Å². The van der Waals surface area contributed by atoms with Gasteiger partial charge in [-0.25, -0.2) is 9.37 Å². The number of anilines is 4. The number of hydrogen-bond acceptors (Lipinski definition) is 6. The normalized spacial score (nSPS) is 11.9. The fraction of sp³-hybridized carbons (Fsp3) is 0.240. The highest BCUT2D eigenvalue weighted by atomic mass is 19.1. The Labute approximate surface area is 193 Å². The maximum Gasteiger partial charge on any atom is 0.241 e. The monoisotopic (exact) mass is 448 g/mol. The summed E-state index contributed by atoms with van der Waals surface area (Å²) in [4.78, 5) is 21.1. The van der Waals surface area contributed by atoms with Crippen molar-refractivity contribution in [3.63, 3.8) is 0 Å². The van der Waals surface area contributed by atoms with E-state index in [1.54, 1.807) is 32.3 Å². The van der Waals surface area contributed by atoms with Crippen LogP contribution in [-0.2, 0) is 4.79 Å². The Morgan fingerprint density at radius 1 is 1.12 bits per heavy atom. The molecule has 0 bridgehead atoms. The molecule has 1 amide bonds.